The van der Waals surface area contributed by atoms with Crippen molar-refractivity contribution >= 4 is 27.7 Å². The summed E-state index contributed by atoms with van der Waals surface area (Å²) in [4.78, 5) is 12.2. The lowest BCUT2D eigenvalue weighted by molar-refractivity contribution is 0.155. The van der Waals surface area contributed by atoms with Gasteiger partial charge in [-0.15, -0.1) is 0 Å². The number of aromatic nitrogens is 4. The van der Waals surface area contributed by atoms with E-state index < -0.39 is 6.09 Å². The van der Waals surface area contributed by atoms with E-state index in [-0.39, 0.29) is 6.61 Å². The van der Waals surface area contributed by atoms with E-state index in [4.69, 9.17) is 4.74 Å². The van der Waals surface area contributed by atoms with E-state index in [0.29, 0.717) is 12.4 Å². The summed E-state index contributed by atoms with van der Waals surface area (Å²) in [6, 6.07) is 9.56. The van der Waals surface area contributed by atoms with E-state index >= 15 is 0 Å². The van der Waals surface area contributed by atoms with Gasteiger partial charge in [-0.1, -0.05) is 30.3 Å². The fraction of sp³-hybridized carbons (Fsp3) is 0.316. The molecule has 0 fully saturated rings. The number of rotatable bonds is 5. The Labute approximate surface area is 166 Å². The minimum Gasteiger partial charge on any atom is -0.444 e. The molecule has 1 amide bonds. The first-order valence-electron chi connectivity index (χ1n) is 8.58. The molecule has 0 bridgehead atoms. The molecule has 0 aliphatic carbocycles. The van der Waals surface area contributed by atoms with Crippen molar-refractivity contribution in [2.45, 2.75) is 41.0 Å². The second kappa shape index (κ2) is 7.96. The van der Waals surface area contributed by atoms with E-state index in [1.807, 2.05) is 67.4 Å². The standard InChI is InChI=1S/C19H22BrN5O2/c1-12-17(20)14(3)24(22-12)11-25-15(4)18(13(2)23-25)21-19(26)27-10-16-8-6-5-7-9-16/h5-9H,10-11H2,1-4H3,(H,21,26). The number of carbonyl (C=O) groups is 1. The smallest absolute Gasteiger partial charge is 0.412 e. The zero-order valence-electron chi connectivity index (χ0n) is 15.8. The summed E-state index contributed by atoms with van der Waals surface area (Å²) < 4.78 is 9.97. The van der Waals surface area contributed by atoms with Crippen LogP contribution >= 0.6 is 15.9 Å². The van der Waals surface area contributed by atoms with Crippen LogP contribution in [-0.2, 0) is 18.0 Å². The van der Waals surface area contributed by atoms with Crippen molar-refractivity contribution in [3.8, 4) is 0 Å². The molecule has 0 spiro atoms. The first-order chi connectivity index (χ1) is 12.9. The third-order valence-corrected chi connectivity index (χ3v) is 5.53. The second-order valence-electron chi connectivity index (χ2n) is 6.36. The lowest BCUT2D eigenvalue weighted by Crippen LogP contribution is -2.16. The van der Waals surface area contributed by atoms with Crippen molar-refractivity contribution in [2.24, 2.45) is 0 Å². The van der Waals surface area contributed by atoms with Crippen LogP contribution in [0.1, 0.15) is 28.3 Å². The molecule has 0 radical (unpaired) electrons. The van der Waals surface area contributed by atoms with E-state index in [1.54, 1.807) is 0 Å². The van der Waals surface area contributed by atoms with Gasteiger partial charge in [0, 0.05) is 0 Å². The predicted octanol–water partition coefficient (Wildman–Crippen LogP) is 4.33. The number of aryl methyl sites for hydroxylation is 2. The predicted molar refractivity (Wildman–Crippen MR) is 107 cm³/mol. The molecule has 0 atom stereocenters. The van der Waals surface area contributed by atoms with Crippen molar-refractivity contribution in [1.29, 1.82) is 0 Å². The zero-order chi connectivity index (χ0) is 19.6. The summed E-state index contributed by atoms with van der Waals surface area (Å²) in [6.07, 6.45) is -0.501. The lowest BCUT2D eigenvalue weighted by atomic mass is 10.2. The van der Waals surface area contributed by atoms with Gasteiger partial charge < -0.3 is 4.74 Å². The van der Waals surface area contributed by atoms with Crippen LogP contribution in [0.3, 0.4) is 0 Å². The molecule has 142 valence electrons. The molecule has 2 heterocycles. The minimum absolute atomic E-state index is 0.221. The average molecular weight is 432 g/mol. The maximum atomic E-state index is 12.2. The Bertz CT molecular complexity index is 962. The number of nitrogens with zero attached hydrogens (tertiary/aromatic N) is 4. The van der Waals surface area contributed by atoms with Crippen LogP contribution in [-0.4, -0.2) is 25.7 Å². The van der Waals surface area contributed by atoms with E-state index in [1.165, 1.54) is 0 Å². The first-order valence-corrected chi connectivity index (χ1v) is 9.37. The Morgan fingerprint density at radius 1 is 1.04 bits per heavy atom. The van der Waals surface area contributed by atoms with Gasteiger partial charge in [0.05, 0.1) is 32.9 Å². The molecule has 0 aliphatic rings. The summed E-state index contributed by atoms with van der Waals surface area (Å²) in [7, 11) is 0. The first kappa shape index (κ1) is 19.2. The molecule has 1 aromatic carbocycles. The number of ether oxygens (including phenoxy) is 1. The fourth-order valence-electron chi connectivity index (χ4n) is 2.82. The number of benzene rings is 1. The summed E-state index contributed by atoms with van der Waals surface area (Å²) in [5.74, 6) is 0. The van der Waals surface area contributed by atoms with Crippen molar-refractivity contribution in [3.05, 3.63) is 63.1 Å². The third kappa shape index (κ3) is 4.21. The number of amides is 1. The average Bonchev–Trinajstić information content (AvgIpc) is 3.05. The van der Waals surface area contributed by atoms with Crippen molar-refractivity contribution < 1.29 is 9.53 Å². The third-order valence-electron chi connectivity index (χ3n) is 4.38. The van der Waals surface area contributed by atoms with Crippen LogP contribution in [0.5, 0.6) is 0 Å². The highest BCUT2D eigenvalue weighted by molar-refractivity contribution is 9.10. The fourth-order valence-corrected chi connectivity index (χ4v) is 3.10. The van der Waals surface area contributed by atoms with Crippen LogP contribution in [0.15, 0.2) is 34.8 Å². The molecule has 3 aromatic rings. The van der Waals surface area contributed by atoms with Gasteiger partial charge in [0.1, 0.15) is 13.3 Å². The number of halogens is 1. The molecule has 1 N–H and O–H groups in total. The lowest BCUT2D eigenvalue weighted by Gasteiger charge is -2.09. The maximum Gasteiger partial charge on any atom is 0.412 e. The van der Waals surface area contributed by atoms with Gasteiger partial charge in [-0.05, 0) is 49.2 Å². The van der Waals surface area contributed by atoms with Gasteiger partial charge in [-0.25, -0.2) is 14.2 Å². The highest BCUT2D eigenvalue weighted by Gasteiger charge is 2.17. The molecule has 8 heteroatoms. The molecule has 0 saturated heterocycles. The molecule has 27 heavy (non-hydrogen) atoms. The van der Waals surface area contributed by atoms with Crippen LogP contribution in [0, 0.1) is 27.7 Å². The monoisotopic (exact) mass is 431 g/mol. The van der Waals surface area contributed by atoms with Crippen molar-refractivity contribution in [3.63, 3.8) is 0 Å². The zero-order valence-corrected chi connectivity index (χ0v) is 17.4. The van der Waals surface area contributed by atoms with Crippen molar-refractivity contribution in [1.82, 2.24) is 19.6 Å². The summed E-state index contributed by atoms with van der Waals surface area (Å²) in [5, 5.41) is 11.8. The number of carbonyl (C=O) groups excluding carboxylic acids is 1. The maximum absolute atomic E-state index is 12.2. The van der Waals surface area contributed by atoms with Crippen LogP contribution < -0.4 is 5.32 Å². The molecular formula is C19H22BrN5O2. The molecule has 0 unspecified atom stereocenters. The molecular weight excluding hydrogens is 410 g/mol. The van der Waals surface area contributed by atoms with E-state index in [2.05, 4.69) is 31.4 Å². The van der Waals surface area contributed by atoms with Gasteiger partial charge in [-0.3, -0.25) is 5.32 Å². The molecule has 7 nitrogen and oxygen atoms in total. The number of hydrogen-bond donors (Lipinski definition) is 1. The second-order valence-corrected chi connectivity index (χ2v) is 7.15. The number of anilines is 1. The Balaban J connectivity index is 1.69. The SMILES string of the molecule is Cc1nn(Cn2nc(C)c(NC(=O)OCc3ccccc3)c2C)c(C)c1Br. The Hall–Kier alpha value is -2.61. The van der Waals surface area contributed by atoms with Gasteiger partial charge in [0.25, 0.3) is 0 Å². The van der Waals surface area contributed by atoms with Gasteiger partial charge in [0.15, 0.2) is 0 Å². The van der Waals surface area contributed by atoms with Gasteiger partial charge in [0.2, 0.25) is 0 Å². The van der Waals surface area contributed by atoms with Crippen molar-refractivity contribution in [2.75, 3.05) is 5.32 Å². The number of hydrogen-bond acceptors (Lipinski definition) is 4. The van der Waals surface area contributed by atoms with Gasteiger partial charge >= 0.3 is 6.09 Å². The normalized spacial score (nSPS) is 10.9. The Morgan fingerprint density at radius 2 is 1.67 bits per heavy atom. The number of nitrogens with one attached hydrogen (secondary N) is 1. The van der Waals surface area contributed by atoms with Crippen LogP contribution in [0.25, 0.3) is 0 Å². The highest BCUT2D eigenvalue weighted by atomic mass is 79.9. The molecule has 2 aromatic heterocycles. The summed E-state index contributed by atoms with van der Waals surface area (Å²) in [5.41, 5.74) is 5.12. The Morgan fingerprint density at radius 3 is 2.30 bits per heavy atom. The van der Waals surface area contributed by atoms with Crippen LogP contribution in [0.2, 0.25) is 0 Å². The van der Waals surface area contributed by atoms with E-state index in [0.717, 1.165) is 32.8 Å². The largest absolute Gasteiger partial charge is 0.444 e. The topological polar surface area (TPSA) is 74.0 Å². The highest BCUT2D eigenvalue weighted by Crippen LogP contribution is 2.23. The Kier molecular flexibility index (Phi) is 5.65. The quantitative estimate of drug-likeness (QED) is 0.652. The molecule has 3 rings (SSSR count). The van der Waals surface area contributed by atoms with Crippen LogP contribution in [0.4, 0.5) is 10.5 Å². The van der Waals surface area contributed by atoms with Gasteiger partial charge in [-0.2, -0.15) is 10.2 Å². The summed E-state index contributed by atoms with van der Waals surface area (Å²) >= 11 is 3.53. The molecule has 0 saturated carbocycles. The summed E-state index contributed by atoms with van der Waals surface area (Å²) in [6.45, 7) is 8.39. The minimum atomic E-state index is -0.501. The molecule has 0 aliphatic heterocycles. The van der Waals surface area contributed by atoms with E-state index in [9.17, 15) is 4.79 Å².